The fourth-order valence-corrected chi connectivity index (χ4v) is 2.53. The summed E-state index contributed by atoms with van der Waals surface area (Å²) in [5.74, 6) is 0.397. The van der Waals surface area contributed by atoms with Crippen molar-refractivity contribution in [3.8, 4) is 0 Å². The maximum Gasteiger partial charge on any atom is 0.234 e. The van der Waals surface area contributed by atoms with Gasteiger partial charge in [-0.15, -0.1) is 24.2 Å². The number of hydrogen-bond donors (Lipinski definition) is 2. The molecule has 108 valence electrons. The number of benzene rings is 1. The zero-order valence-electron chi connectivity index (χ0n) is 11.5. The van der Waals surface area contributed by atoms with Crippen molar-refractivity contribution in [2.75, 3.05) is 16.8 Å². The number of nitrogens with one attached hydrogen (secondary N) is 1. The lowest BCUT2D eigenvalue weighted by Gasteiger charge is -2.17. The summed E-state index contributed by atoms with van der Waals surface area (Å²) in [5.41, 5.74) is 8.17. The lowest BCUT2D eigenvalue weighted by molar-refractivity contribution is -0.113. The number of nitrogens with two attached hydrogens (primary N) is 1. The Morgan fingerprint density at radius 1 is 1.42 bits per heavy atom. The van der Waals surface area contributed by atoms with Gasteiger partial charge < -0.3 is 11.1 Å². The van der Waals surface area contributed by atoms with E-state index in [4.69, 9.17) is 5.73 Å². The van der Waals surface area contributed by atoms with Crippen molar-refractivity contribution >= 4 is 57.4 Å². The molecule has 0 saturated heterocycles. The van der Waals surface area contributed by atoms with E-state index in [-0.39, 0.29) is 23.1 Å². The van der Waals surface area contributed by atoms with E-state index in [1.165, 1.54) is 0 Å². The fourth-order valence-electron chi connectivity index (χ4n) is 1.33. The molecule has 0 saturated carbocycles. The van der Waals surface area contributed by atoms with Gasteiger partial charge in [0.15, 0.2) is 0 Å². The smallest absolute Gasteiger partial charge is 0.234 e. The van der Waals surface area contributed by atoms with E-state index < -0.39 is 0 Å². The molecule has 0 bridgehead atoms. The molecule has 1 aromatic carbocycles. The van der Waals surface area contributed by atoms with E-state index >= 15 is 0 Å². The van der Waals surface area contributed by atoms with Gasteiger partial charge in [-0.25, -0.2) is 0 Å². The lowest BCUT2D eigenvalue weighted by Crippen LogP contribution is -2.19. The Kier molecular flexibility index (Phi) is 7.26. The van der Waals surface area contributed by atoms with Crippen molar-refractivity contribution in [2.24, 2.45) is 0 Å². The van der Waals surface area contributed by atoms with Crippen molar-refractivity contribution in [2.45, 2.75) is 32.4 Å². The van der Waals surface area contributed by atoms with Gasteiger partial charge in [-0.3, -0.25) is 4.79 Å². The maximum absolute atomic E-state index is 11.8. The Hall–Kier alpha value is -0.390. The first-order valence-corrected chi connectivity index (χ1v) is 7.46. The Morgan fingerprint density at radius 3 is 2.53 bits per heavy atom. The second-order valence-electron chi connectivity index (χ2n) is 5.13. The van der Waals surface area contributed by atoms with E-state index in [1.54, 1.807) is 11.8 Å². The van der Waals surface area contributed by atoms with E-state index in [9.17, 15) is 4.79 Å². The van der Waals surface area contributed by atoms with Crippen molar-refractivity contribution in [3.05, 3.63) is 22.2 Å². The van der Waals surface area contributed by atoms with Gasteiger partial charge in [0.1, 0.15) is 0 Å². The Morgan fingerprint density at radius 2 is 2.00 bits per heavy atom. The summed E-state index contributed by atoms with van der Waals surface area (Å²) in [4.78, 5) is 11.8. The molecule has 0 heterocycles. The summed E-state index contributed by atoms with van der Waals surface area (Å²) >= 11 is 5.01. The number of halogens is 2. The number of aryl methyl sites for hydroxylation is 1. The highest BCUT2D eigenvalue weighted by atomic mass is 79.9. The normalized spacial score (nSPS) is 10.8. The van der Waals surface area contributed by atoms with Crippen LogP contribution in [0.15, 0.2) is 16.6 Å². The predicted octanol–water partition coefficient (Wildman–Crippen LogP) is 4.23. The molecule has 0 aliphatic rings. The van der Waals surface area contributed by atoms with Crippen LogP contribution in [0.1, 0.15) is 26.3 Å². The van der Waals surface area contributed by atoms with Crippen LogP contribution >= 0.6 is 40.1 Å². The van der Waals surface area contributed by atoms with Gasteiger partial charge in [-0.05, 0) is 24.6 Å². The Bertz CT molecular complexity index is 461. The highest BCUT2D eigenvalue weighted by Crippen LogP contribution is 2.28. The molecule has 0 spiro atoms. The van der Waals surface area contributed by atoms with Crippen molar-refractivity contribution in [3.63, 3.8) is 0 Å². The molecule has 19 heavy (non-hydrogen) atoms. The van der Waals surface area contributed by atoms with Gasteiger partial charge in [-0.2, -0.15) is 0 Å². The topological polar surface area (TPSA) is 55.1 Å². The highest BCUT2D eigenvalue weighted by Gasteiger charge is 2.14. The summed E-state index contributed by atoms with van der Waals surface area (Å²) in [7, 11) is 0. The lowest BCUT2D eigenvalue weighted by atomic mass is 10.2. The third-order valence-corrected chi connectivity index (χ3v) is 3.99. The maximum atomic E-state index is 11.8. The van der Waals surface area contributed by atoms with E-state index in [2.05, 4.69) is 42.0 Å². The number of carbonyl (C=O) groups is 1. The number of amides is 1. The number of anilines is 2. The second kappa shape index (κ2) is 7.41. The van der Waals surface area contributed by atoms with Crippen LogP contribution < -0.4 is 11.1 Å². The molecule has 0 fully saturated rings. The molecular weight excluding hydrogens is 348 g/mol. The minimum absolute atomic E-state index is 0. The molecular formula is C13H20BrClN2OS. The van der Waals surface area contributed by atoms with E-state index in [0.29, 0.717) is 17.1 Å². The molecule has 3 N–H and O–H groups in total. The van der Waals surface area contributed by atoms with Crippen LogP contribution in [-0.2, 0) is 4.79 Å². The first-order valence-electron chi connectivity index (χ1n) is 5.68. The predicted molar refractivity (Wildman–Crippen MR) is 91.4 cm³/mol. The molecule has 0 aliphatic heterocycles. The SMILES string of the molecule is Cc1cc(Br)cc(NC(=O)CSC(C)(C)C)c1N.Cl. The third-order valence-electron chi connectivity index (χ3n) is 2.26. The molecule has 0 aliphatic carbocycles. The van der Waals surface area contributed by atoms with Crippen LogP contribution in [0, 0.1) is 6.92 Å². The first kappa shape index (κ1) is 18.6. The van der Waals surface area contributed by atoms with Gasteiger partial charge in [0.2, 0.25) is 5.91 Å². The molecule has 0 radical (unpaired) electrons. The van der Waals surface area contributed by atoms with Crippen molar-refractivity contribution < 1.29 is 4.79 Å². The molecule has 3 nitrogen and oxygen atoms in total. The zero-order valence-corrected chi connectivity index (χ0v) is 14.8. The standard InChI is InChI=1S/C13H19BrN2OS.ClH/c1-8-5-9(14)6-10(12(8)15)16-11(17)7-18-13(2,3)4;/h5-6H,7,15H2,1-4H3,(H,16,17);1H. The average Bonchev–Trinajstić information content (AvgIpc) is 2.21. The number of hydrogen-bond acceptors (Lipinski definition) is 3. The van der Waals surface area contributed by atoms with Gasteiger partial charge in [-0.1, -0.05) is 36.7 Å². The number of thioether (sulfide) groups is 1. The largest absolute Gasteiger partial charge is 0.397 e. The van der Waals surface area contributed by atoms with Crippen LogP contribution in [0.2, 0.25) is 0 Å². The van der Waals surface area contributed by atoms with Crippen LogP contribution in [0.3, 0.4) is 0 Å². The summed E-state index contributed by atoms with van der Waals surface area (Å²) in [5, 5.41) is 2.85. The number of carbonyl (C=O) groups excluding carboxylic acids is 1. The molecule has 1 amide bonds. The monoisotopic (exact) mass is 366 g/mol. The van der Waals surface area contributed by atoms with Gasteiger partial charge in [0.25, 0.3) is 0 Å². The third kappa shape index (κ3) is 6.54. The molecule has 0 unspecified atom stereocenters. The van der Waals surface area contributed by atoms with Crippen LogP contribution in [0.5, 0.6) is 0 Å². The fraction of sp³-hybridized carbons (Fsp3) is 0.462. The minimum atomic E-state index is -0.0286. The molecule has 0 atom stereocenters. The van der Waals surface area contributed by atoms with Crippen LogP contribution in [-0.4, -0.2) is 16.4 Å². The number of rotatable bonds is 3. The highest BCUT2D eigenvalue weighted by molar-refractivity contribution is 9.10. The zero-order chi connectivity index (χ0) is 13.9. The van der Waals surface area contributed by atoms with E-state index in [0.717, 1.165) is 10.0 Å². The average molecular weight is 368 g/mol. The minimum Gasteiger partial charge on any atom is -0.397 e. The Balaban J connectivity index is 0.00000324. The Labute approximate surface area is 133 Å². The molecule has 1 rings (SSSR count). The van der Waals surface area contributed by atoms with Crippen molar-refractivity contribution in [1.82, 2.24) is 0 Å². The van der Waals surface area contributed by atoms with Gasteiger partial charge in [0, 0.05) is 9.22 Å². The first-order chi connectivity index (χ1) is 8.19. The van der Waals surface area contributed by atoms with Crippen LogP contribution in [0.25, 0.3) is 0 Å². The summed E-state index contributed by atoms with van der Waals surface area (Å²) in [6.45, 7) is 8.17. The summed E-state index contributed by atoms with van der Waals surface area (Å²) < 4.78 is 0.990. The molecule has 0 aromatic heterocycles. The van der Waals surface area contributed by atoms with Crippen LogP contribution in [0.4, 0.5) is 11.4 Å². The quantitative estimate of drug-likeness (QED) is 0.786. The molecule has 6 heteroatoms. The summed E-state index contributed by atoms with van der Waals surface area (Å²) in [6, 6.07) is 3.75. The van der Waals surface area contributed by atoms with E-state index in [1.807, 2.05) is 19.1 Å². The van der Waals surface area contributed by atoms with Gasteiger partial charge in [0.05, 0.1) is 17.1 Å². The van der Waals surface area contributed by atoms with Gasteiger partial charge >= 0.3 is 0 Å². The second-order valence-corrected chi connectivity index (χ2v) is 7.85. The summed E-state index contributed by atoms with van der Waals surface area (Å²) in [6.07, 6.45) is 0. The number of nitrogen functional groups attached to an aromatic ring is 1. The van der Waals surface area contributed by atoms with Crippen molar-refractivity contribution in [1.29, 1.82) is 0 Å². The molecule has 1 aromatic rings.